The third-order valence-corrected chi connectivity index (χ3v) is 3.90. The van der Waals surface area contributed by atoms with Gasteiger partial charge in [-0.25, -0.2) is 0 Å². The number of hydrogen-bond donors (Lipinski definition) is 3. The predicted octanol–water partition coefficient (Wildman–Crippen LogP) is 1.69. The summed E-state index contributed by atoms with van der Waals surface area (Å²) in [6.45, 7) is 1.73. The second kappa shape index (κ2) is 9.71. The topological polar surface area (TPSA) is 78.4 Å². The third kappa shape index (κ3) is 6.25. The van der Waals surface area contributed by atoms with E-state index in [-0.39, 0.29) is 18.4 Å². The molecule has 2 amide bonds. The summed E-state index contributed by atoms with van der Waals surface area (Å²) in [7, 11) is 0. The molecule has 0 saturated carbocycles. The normalized spacial score (nSPS) is 13.3. The van der Waals surface area contributed by atoms with Crippen LogP contribution in [0.1, 0.15) is 23.7 Å². The molecule has 1 rings (SSSR count). The number of thioether (sulfide) groups is 1. The first-order chi connectivity index (χ1) is 10.5. The summed E-state index contributed by atoms with van der Waals surface area (Å²) >= 11 is 7.58. The Morgan fingerprint density at radius 2 is 2.05 bits per heavy atom. The van der Waals surface area contributed by atoms with E-state index < -0.39 is 12.1 Å². The summed E-state index contributed by atoms with van der Waals surface area (Å²) < 4.78 is 0. The molecule has 0 aromatic heterocycles. The number of hydrogen-bond acceptors (Lipinski definition) is 4. The second-order valence-corrected chi connectivity index (χ2v) is 6.27. The molecule has 3 N–H and O–H groups in total. The molecule has 122 valence electrons. The molecule has 1 aromatic carbocycles. The fraction of sp³-hybridized carbons (Fsp3) is 0.467. The van der Waals surface area contributed by atoms with Gasteiger partial charge in [-0.15, -0.1) is 0 Å². The number of benzene rings is 1. The van der Waals surface area contributed by atoms with E-state index in [0.29, 0.717) is 17.0 Å². The fourth-order valence-electron chi connectivity index (χ4n) is 1.76. The van der Waals surface area contributed by atoms with E-state index in [4.69, 9.17) is 11.6 Å². The number of amides is 2. The number of nitrogens with one attached hydrogen (secondary N) is 2. The predicted molar refractivity (Wildman–Crippen MR) is 90.4 cm³/mol. The monoisotopic (exact) mass is 344 g/mol. The maximum atomic E-state index is 12.2. The van der Waals surface area contributed by atoms with Crippen LogP contribution in [0.5, 0.6) is 0 Å². The Hall–Kier alpha value is -1.24. The molecule has 0 fully saturated rings. The van der Waals surface area contributed by atoms with Crippen molar-refractivity contribution >= 4 is 35.2 Å². The first-order valence-corrected chi connectivity index (χ1v) is 8.73. The average Bonchev–Trinajstić information content (AvgIpc) is 2.49. The van der Waals surface area contributed by atoms with Crippen LogP contribution in [0.4, 0.5) is 0 Å². The number of carbonyl (C=O) groups is 2. The summed E-state index contributed by atoms with van der Waals surface area (Å²) in [5, 5.41) is 14.9. The van der Waals surface area contributed by atoms with Crippen molar-refractivity contribution in [3.05, 3.63) is 34.9 Å². The van der Waals surface area contributed by atoms with Crippen molar-refractivity contribution < 1.29 is 14.7 Å². The molecule has 0 aliphatic carbocycles. The van der Waals surface area contributed by atoms with Crippen LogP contribution in [-0.4, -0.2) is 47.6 Å². The molecule has 22 heavy (non-hydrogen) atoms. The molecule has 2 atom stereocenters. The minimum absolute atomic E-state index is 0.149. The van der Waals surface area contributed by atoms with Gasteiger partial charge in [-0.2, -0.15) is 11.8 Å². The van der Waals surface area contributed by atoms with Crippen molar-refractivity contribution in [2.75, 3.05) is 18.6 Å². The molecule has 5 nitrogen and oxygen atoms in total. The summed E-state index contributed by atoms with van der Waals surface area (Å²) in [6.07, 6.45) is 1.80. The van der Waals surface area contributed by atoms with Gasteiger partial charge in [-0.1, -0.05) is 23.7 Å². The van der Waals surface area contributed by atoms with Crippen molar-refractivity contribution in [1.29, 1.82) is 0 Å². The summed E-state index contributed by atoms with van der Waals surface area (Å²) in [6, 6.07) is 6.03. The Balaban J connectivity index is 2.73. The van der Waals surface area contributed by atoms with Crippen LogP contribution < -0.4 is 10.6 Å². The molecule has 0 heterocycles. The zero-order valence-corrected chi connectivity index (χ0v) is 14.2. The maximum absolute atomic E-state index is 12.2. The van der Waals surface area contributed by atoms with Gasteiger partial charge in [0.25, 0.3) is 5.91 Å². The van der Waals surface area contributed by atoms with Gasteiger partial charge >= 0.3 is 0 Å². The molecule has 0 saturated heterocycles. The lowest BCUT2D eigenvalue weighted by Crippen LogP contribution is -2.48. The minimum atomic E-state index is -0.657. The lowest BCUT2D eigenvalue weighted by molar-refractivity contribution is -0.123. The van der Waals surface area contributed by atoms with Gasteiger partial charge in [0.05, 0.1) is 16.7 Å². The van der Waals surface area contributed by atoms with E-state index in [0.717, 1.165) is 5.75 Å². The van der Waals surface area contributed by atoms with E-state index in [9.17, 15) is 14.7 Å². The molecule has 1 aromatic rings. The molecule has 0 aliphatic rings. The van der Waals surface area contributed by atoms with Crippen molar-refractivity contribution in [2.24, 2.45) is 0 Å². The second-order valence-electron chi connectivity index (χ2n) is 4.88. The van der Waals surface area contributed by atoms with Gasteiger partial charge in [-0.3, -0.25) is 9.59 Å². The lowest BCUT2D eigenvalue weighted by Gasteiger charge is -2.19. The Bertz CT molecular complexity index is 511. The minimum Gasteiger partial charge on any atom is -0.392 e. The van der Waals surface area contributed by atoms with Crippen LogP contribution in [0, 0.1) is 0 Å². The van der Waals surface area contributed by atoms with Crippen molar-refractivity contribution in [2.45, 2.75) is 25.5 Å². The van der Waals surface area contributed by atoms with Crippen molar-refractivity contribution in [1.82, 2.24) is 10.6 Å². The van der Waals surface area contributed by atoms with Crippen LogP contribution >= 0.6 is 23.4 Å². The van der Waals surface area contributed by atoms with E-state index in [2.05, 4.69) is 10.6 Å². The zero-order chi connectivity index (χ0) is 16.5. The summed E-state index contributed by atoms with van der Waals surface area (Å²) in [4.78, 5) is 24.4. The fourth-order valence-corrected chi connectivity index (χ4v) is 2.45. The third-order valence-electron chi connectivity index (χ3n) is 2.92. The first-order valence-electron chi connectivity index (χ1n) is 6.95. The van der Waals surface area contributed by atoms with Crippen LogP contribution in [-0.2, 0) is 4.79 Å². The van der Waals surface area contributed by atoms with Crippen LogP contribution in [0.25, 0.3) is 0 Å². The molecule has 0 radical (unpaired) electrons. The van der Waals surface area contributed by atoms with E-state index in [1.165, 1.54) is 0 Å². The Kier molecular flexibility index (Phi) is 8.30. The Morgan fingerprint density at radius 1 is 1.36 bits per heavy atom. The molecule has 0 spiro atoms. The van der Waals surface area contributed by atoms with Gasteiger partial charge in [-0.05, 0) is 37.5 Å². The number of halogens is 1. The van der Waals surface area contributed by atoms with Gasteiger partial charge in [0.2, 0.25) is 5.91 Å². The number of aliphatic hydroxyl groups is 1. The maximum Gasteiger partial charge on any atom is 0.253 e. The van der Waals surface area contributed by atoms with E-state index in [1.807, 2.05) is 6.26 Å². The number of carbonyl (C=O) groups excluding carboxylic acids is 2. The Labute approximate surface area is 139 Å². The molecular weight excluding hydrogens is 324 g/mol. The molecule has 2 unspecified atom stereocenters. The quantitative estimate of drug-likeness (QED) is 0.670. The van der Waals surface area contributed by atoms with E-state index in [1.54, 1.807) is 43.0 Å². The van der Waals surface area contributed by atoms with Crippen molar-refractivity contribution in [3.63, 3.8) is 0 Å². The Morgan fingerprint density at radius 3 is 2.64 bits per heavy atom. The standard InChI is InChI=1S/C15H21ClN2O3S/c1-10(19)9-17-15(21)13(7-8-22-2)18-14(20)11-5-3-4-6-12(11)16/h3-6,10,13,19H,7-9H2,1-2H3,(H,17,21)(H,18,20). The zero-order valence-electron chi connectivity index (χ0n) is 12.6. The largest absolute Gasteiger partial charge is 0.392 e. The summed E-state index contributed by atoms with van der Waals surface area (Å²) in [5.74, 6) is 0.0366. The number of aliphatic hydroxyl groups excluding tert-OH is 1. The van der Waals surface area contributed by atoms with Gasteiger partial charge in [0.1, 0.15) is 6.04 Å². The smallest absolute Gasteiger partial charge is 0.253 e. The molecule has 0 bridgehead atoms. The highest BCUT2D eigenvalue weighted by Gasteiger charge is 2.22. The SMILES string of the molecule is CSCCC(NC(=O)c1ccccc1Cl)C(=O)NCC(C)O. The molecular formula is C15H21ClN2O3S. The highest BCUT2D eigenvalue weighted by molar-refractivity contribution is 7.98. The van der Waals surface area contributed by atoms with Gasteiger partial charge in [0, 0.05) is 6.54 Å². The van der Waals surface area contributed by atoms with Crippen LogP contribution in [0.3, 0.4) is 0 Å². The number of rotatable bonds is 8. The van der Waals surface area contributed by atoms with E-state index >= 15 is 0 Å². The molecule has 0 aliphatic heterocycles. The highest BCUT2D eigenvalue weighted by Crippen LogP contribution is 2.15. The molecule has 7 heteroatoms. The first kappa shape index (κ1) is 18.8. The summed E-state index contributed by atoms with van der Waals surface area (Å²) in [5.41, 5.74) is 0.335. The van der Waals surface area contributed by atoms with Crippen LogP contribution in [0.2, 0.25) is 5.02 Å². The highest BCUT2D eigenvalue weighted by atomic mass is 35.5. The van der Waals surface area contributed by atoms with Crippen molar-refractivity contribution in [3.8, 4) is 0 Å². The average molecular weight is 345 g/mol. The lowest BCUT2D eigenvalue weighted by atomic mass is 10.1. The van der Waals surface area contributed by atoms with Gasteiger partial charge in [0.15, 0.2) is 0 Å². The van der Waals surface area contributed by atoms with Gasteiger partial charge < -0.3 is 15.7 Å². The van der Waals surface area contributed by atoms with Crippen LogP contribution in [0.15, 0.2) is 24.3 Å².